The van der Waals surface area contributed by atoms with Crippen molar-refractivity contribution in [2.45, 2.75) is 12.5 Å². The maximum Gasteiger partial charge on any atom is 0.353 e. The normalized spacial score (nSPS) is 19.3. The van der Waals surface area contributed by atoms with Crippen LogP contribution in [-0.4, -0.2) is 59.0 Å². The van der Waals surface area contributed by atoms with Crippen molar-refractivity contribution < 1.29 is 24.6 Å². The van der Waals surface area contributed by atoms with Crippen LogP contribution in [0.1, 0.15) is 6.42 Å². The van der Waals surface area contributed by atoms with Crippen LogP contribution in [-0.2, 0) is 14.4 Å². The summed E-state index contributed by atoms with van der Waals surface area (Å²) < 4.78 is 0. The Balaban J connectivity index is 2.49. The lowest BCUT2D eigenvalue weighted by molar-refractivity contribution is -0.141. The van der Waals surface area contributed by atoms with Gasteiger partial charge >= 0.3 is 5.97 Å². The Bertz CT molecular complexity index is 301. The second kappa shape index (κ2) is 4.74. The summed E-state index contributed by atoms with van der Waals surface area (Å²) >= 11 is 0. The van der Waals surface area contributed by atoms with Crippen LogP contribution in [0.2, 0.25) is 0 Å². The first-order valence-electron chi connectivity index (χ1n) is 4.38. The monoisotopic (exact) mass is 216 g/mol. The quantitative estimate of drug-likeness (QED) is 0.606. The number of amides is 1. The first kappa shape index (κ1) is 11.4. The largest absolute Gasteiger partial charge is 0.477 e. The third kappa shape index (κ3) is 2.66. The Hall–Kier alpha value is -1.63. The number of carboxylic acid groups (broad SMARTS) is 1. The van der Waals surface area contributed by atoms with Crippen molar-refractivity contribution >= 4 is 17.6 Å². The van der Waals surface area contributed by atoms with Gasteiger partial charge < -0.3 is 20.0 Å². The molecule has 0 radical (unpaired) electrons. The molecule has 0 aliphatic carbocycles. The lowest BCUT2D eigenvalue weighted by Gasteiger charge is -2.18. The Morgan fingerprint density at radius 1 is 1.67 bits per heavy atom. The van der Waals surface area contributed by atoms with Crippen molar-refractivity contribution in [3.8, 4) is 0 Å². The molecule has 1 atom stereocenters. The molecule has 7 nitrogen and oxygen atoms in total. The molecule has 1 aliphatic rings. The number of oxime groups is 1. The first-order chi connectivity index (χ1) is 7.06. The van der Waals surface area contributed by atoms with E-state index in [1.54, 1.807) is 0 Å². The Morgan fingerprint density at radius 3 is 2.80 bits per heavy atom. The Labute approximate surface area is 85.9 Å². The summed E-state index contributed by atoms with van der Waals surface area (Å²) in [5, 5.41) is 20.5. The number of carbonyl (C=O) groups excluding carboxylic acids is 1. The average Bonchev–Trinajstić information content (AvgIpc) is 2.65. The zero-order valence-electron chi connectivity index (χ0n) is 8.21. The van der Waals surface area contributed by atoms with E-state index in [1.807, 2.05) is 0 Å². The number of aliphatic hydroxyl groups is 1. The van der Waals surface area contributed by atoms with Gasteiger partial charge in [0.1, 0.15) is 0 Å². The van der Waals surface area contributed by atoms with Gasteiger partial charge in [0.25, 0.3) is 5.91 Å². The highest BCUT2D eigenvalue weighted by atomic mass is 16.6. The molecule has 1 amide bonds. The summed E-state index contributed by atoms with van der Waals surface area (Å²) in [6.45, 7) is 0.0305. The van der Waals surface area contributed by atoms with Gasteiger partial charge in [0, 0.05) is 20.0 Å². The van der Waals surface area contributed by atoms with Crippen molar-refractivity contribution in [2.75, 3.05) is 20.2 Å². The molecule has 0 aromatic heterocycles. The number of aliphatic hydroxyl groups excluding tert-OH is 1. The first-order valence-corrected chi connectivity index (χ1v) is 4.38. The second-order valence-electron chi connectivity index (χ2n) is 3.12. The van der Waals surface area contributed by atoms with E-state index in [1.165, 1.54) is 11.9 Å². The van der Waals surface area contributed by atoms with E-state index in [0.717, 1.165) is 0 Å². The van der Waals surface area contributed by atoms with E-state index in [-0.39, 0.29) is 31.2 Å². The molecule has 1 unspecified atom stereocenters. The number of aliphatic carboxylic acids is 1. The molecule has 1 heterocycles. The van der Waals surface area contributed by atoms with Gasteiger partial charge in [-0.15, -0.1) is 0 Å². The summed E-state index contributed by atoms with van der Waals surface area (Å²) in [5.41, 5.74) is -0.161. The number of hydrogen-bond donors (Lipinski definition) is 2. The lowest BCUT2D eigenvalue weighted by atomic mass is 10.1. The SMILES string of the molecule is CN(CCO)C(=O)C1CC(C(=O)O)=NO1. The van der Waals surface area contributed by atoms with Crippen LogP contribution in [0.5, 0.6) is 0 Å². The van der Waals surface area contributed by atoms with E-state index in [2.05, 4.69) is 5.16 Å². The van der Waals surface area contributed by atoms with Gasteiger partial charge in [-0.2, -0.15) is 0 Å². The molecule has 0 aromatic carbocycles. The molecule has 7 heteroatoms. The maximum atomic E-state index is 11.5. The molecule has 0 saturated heterocycles. The predicted octanol–water partition coefficient (Wildman–Crippen LogP) is -1.33. The van der Waals surface area contributed by atoms with Crippen molar-refractivity contribution in [1.82, 2.24) is 4.90 Å². The zero-order valence-corrected chi connectivity index (χ0v) is 8.21. The van der Waals surface area contributed by atoms with Gasteiger partial charge in [-0.05, 0) is 0 Å². The van der Waals surface area contributed by atoms with E-state index < -0.39 is 12.1 Å². The van der Waals surface area contributed by atoms with Gasteiger partial charge in [0.15, 0.2) is 5.71 Å². The predicted molar refractivity (Wildman–Crippen MR) is 49.3 cm³/mol. The van der Waals surface area contributed by atoms with Gasteiger partial charge in [-0.3, -0.25) is 4.79 Å². The summed E-state index contributed by atoms with van der Waals surface area (Å²) in [7, 11) is 1.50. The highest BCUT2D eigenvalue weighted by Crippen LogP contribution is 2.12. The summed E-state index contributed by atoms with van der Waals surface area (Å²) in [6.07, 6.45) is -0.920. The minimum atomic E-state index is -1.19. The molecule has 1 rings (SSSR count). The second-order valence-corrected chi connectivity index (χ2v) is 3.12. The number of nitrogens with zero attached hydrogens (tertiary/aromatic N) is 2. The molecule has 0 bridgehead atoms. The number of hydrogen-bond acceptors (Lipinski definition) is 5. The molecule has 0 spiro atoms. The molecule has 0 fully saturated rings. The molecule has 84 valence electrons. The van der Waals surface area contributed by atoms with E-state index in [0.29, 0.717) is 0 Å². The van der Waals surface area contributed by atoms with Crippen LogP contribution in [0.3, 0.4) is 0 Å². The van der Waals surface area contributed by atoms with Gasteiger partial charge in [0.05, 0.1) is 6.61 Å². The fourth-order valence-electron chi connectivity index (χ4n) is 1.14. The molecule has 0 saturated carbocycles. The van der Waals surface area contributed by atoms with E-state index in [4.69, 9.17) is 15.1 Å². The van der Waals surface area contributed by atoms with E-state index in [9.17, 15) is 9.59 Å². The fraction of sp³-hybridized carbons (Fsp3) is 0.625. The third-order valence-corrected chi connectivity index (χ3v) is 2.00. The Morgan fingerprint density at radius 2 is 2.33 bits per heavy atom. The van der Waals surface area contributed by atoms with Crippen LogP contribution >= 0.6 is 0 Å². The third-order valence-electron chi connectivity index (χ3n) is 2.00. The summed E-state index contributed by atoms with van der Waals surface area (Å²) in [5.74, 6) is -1.57. The molecule has 0 aromatic rings. The molecular formula is C8H12N2O5. The van der Waals surface area contributed by atoms with Crippen molar-refractivity contribution in [3.63, 3.8) is 0 Å². The number of likely N-dealkylation sites (N-methyl/N-ethyl adjacent to an activating group) is 1. The summed E-state index contributed by atoms with van der Waals surface area (Å²) in [6, 6.07) is 0. The van der Waals surface area contributed by atoms with Crippen LogP contribution < -0.4 is 0 Å². The maximum absolute atomic E-state index is 11.5. The van der Waals surface area contributed by atoms with Gasteiger partial charge in [-0.1, -0.05) is 5.16 Å². The highest BCUT2D eigenvalue weighted by Gasteiger charge is 2.33. The van der Waals surface area contributed by atoms with Crippen LogP contribution in [0.25, 0.3) is 0 Å². The highest BCUT2D eigenvalue weighted by molar-refractivity contribution is 6.36. The van der Waals surface area contributed by atoms with Crippen molar-refractivity contribution in [2.24, 2.45) is 5.16 Å². The number of carboxylic acids is 1. The average molecular weight is 216 g/mol. The zero-order chi connectivity index (χ0) is 11.4. The van der Waals surface area contributed by atoms with Gasteiger partial charge in [0.2, 0.25) is 6.10 Å². The molecule has 2 N–H and O–H groups in total. The molecular weight excluding hydrogens is 204 g/mol. The smallest absolute Gasteiger partial charge is 0.353 e. The summed E-state index contributed by atoms with van der Waals surface area (Å²) in [4.78, 5) is 28.0. The van der Waals surface area contributed by atoms with E-state index >= 15 is 0 Å². The lowest BCUT2D eigenvalue weighted by Crippen LogP contribution is -2.38. The minimum Gasteiger partial charge on any atom is -0.477 e. The topological polar surface area (TPSA) is 99.4 Å². The number of rotatable bonds is 4. The minimum absolute atomic E-state index is 0.0378. The van der Waals surface area contributed by atoms with Crippen molar-refractivity contribution in [3.05, 3.63) is 0 Å². The van der Waals surface area contributed by atoms with Crippen LogP contribution in [0.4, 0.5) is 0 Å². The molecule has 15 heavy (non-hydrogen) atoms. The van der Waals surface area contributed by atoms with Crippen LogP contribution in [0.15, 0.2) is 5.16 Å². The van der Waals surface area contributed by atoms with Crippen LogP contribution in [0, 0.1) is 0 Å². The Kier molecular flexibility index (Phi) is 3.62. The molecule has 1 aliphatic heterocycles. The fourth-order valence-corrected chi connectivity index (χ4v) is 1.14. The standard InChI is InChI=1S/C8H12N2O5/c1-10(2-3-11)7(12)6-4-5(8(13)14)9-15-6/h6,11H,2-4H2,1H3,(H,13,14). The van der Waals surface area contributed by atoms with Crippen molar-refractivity contribution in [1.29, 1.82) is 0 Å². The number of carbonyl (C=O) groups is 2. The van der Waals surface area contributed by atoms with Gasteiger partial charge in [-0.25, -0.2) is 4.79 Å².